The molecular weight excluding hydrogens is 224 g/mol. The molecule has 16 heavy (non-hydrogen) atoms. The molecule has 0 saturated carbocycles. The lowest BCUT2D eigenvalue weighted by Crippen LogP contribution is -2.23. The molecule has 84 valence electrons. The zero-order valence-electron chi connectivity index (χ0n) is 9.49. The van der Waals surface area contributed by atoms with Gasteiger partial charge in [0.25, 0.3) is 5.91 Å². The smallest absolute Gasteiger partial charge is 0.269 e. The minimum absolute atomic E-state index is 0.00479. The Morgan fingerprint density at radius 2 is 2.00 bits per heavy atom. The molecule has 0 saturated heterocycles. The van der Waals surface area contributed by atoms with Gasteiger partial charge in [-0.25, -0.2) is 0 Å². The highest BCUT2D eigenvalue weighted by Gasteiger charge is 2.14. The molecule has 0 unspecified atom stereocenters. The minimum Gasteiger partial charge on any atom is -0.343 e. The van der Waals surface area contributed by atoms with Crippen LogP contribution in [0.2, 0.25) is 5.02 Å². The number of aryl methyl sites for hydroxylation is 1. The second-order valence-electron chi connectivity index (χ2n) is 3.99. The lowest BCUT2D eigenvalue weighted by atomic mass is 10.2. The van der Waals surface area contributed by atoms with Gasteiger partial charge in [0.05, 0.1) is 0 Å². The fraction of sp³-hybridized carbons (Fsp3) is 0.250. The lowest BCUT2D eigenvalue weighted by molar-refractivity contribution is 0.0819. The Kier molecular flexibility index (Phi) is 2.64. The molecule has 1 aromatic heterocycles. The van der Waals surface area contributed by atoms with Gasteiger partial charge < -0.3 is 9.47 Å². The molecule has 4 heteroatoms. The van der Waals surface area contributed by atoms with Gasteiger partial charge >= 0.3 is 0 Å². The van der Waals surface area contributed by atoms with Gasteiger partial charge in [0.2, 0.25) is 0 Å². The maximum absolute atomic E-state index is 11.9. The molecule has 0 aliphatic carbocycles. The molecule has 0 bridgehead atoms. The average molecular weight is 237 g/mol. The first-order chi connectivity index (χ1) is 7.50. The fourth-order valence-electron chi connectivity index (χ4n) is 1.75. The Morgan fingerprint density at radius 1 is 1.31 bits per heavy atom. The van der Waals surface area contributed by atoms with Crippen molar-refractivity contribution < 1.29 is 4.79 Å². The predicted molar refractivity (Wildman–Crippen MR) is 65.9 cm³/mol. The van der Waals surface area contributed by atoms with Crippen LogP contribution in [0.5, 0.6) is 0 Å². The van der Waals surface area contributed by atoms with Crippen LogP contribution in [-0.4, -0.2) is 29.5 Å². The van der Waals surface area contributed by atoms with Crippen LogP contribution >= 0.6 is 11.6 Å². The van der Waals surface area contributed by atoms with E-state index in [9.17, 15) is 4.79 Å². The second-order valence-corrected chi connectivity index (χ2v) is 4.43. The van der Waals surface area contributed by atoms with E-state index in [0.717, 1.165) is 10.9 Å². The molecule has 0 fully saturated rings. The number of aromatic nitrogens is 1. The van der Waals surface area contributed by atoms with Gasteiger partial charge in [-0.15, -0.1) is 0 Å². The molecular formula is C12H13ClN2O. The van der Waals surface area contributed by atoms with Crippen molar-refractivity contribution in [2.24, 2.45) is 7.05 Å². The van der Waals surface area contributed by atoms with Gasteiger partial charge in [-0.1, -0.05) is 11.6 Å². The molecule has 0 spiro atoms. The zero-order chi connectivity index (χ0) is 11.9. The van der Waals surface area contributed by atoms with Crippen LogP contribution in [0.25, 0.3) is 10.9 Å². The fourth-order valence-corrected chi connectivity index (χ4v) is 1.94. The molecule has 2 rings (SSSR count). The number of hydrogen-bond acceptors (Lipinski definition) is 1. The summed E-state index contributed by atoms with van der Waals surface area (Å²) in [6.07, 6.45) is 0. The number of amides is 1. The van der Waals surface area contributed by atoms with E-state index in [0.29, 0.717) is 10.7 Å². The number of carbonyl (C=O) groups excluding carboxylic acids is 1. The summed E-state index contributed by atoms with van der Waals surface area (Å²) in [5.74, 6) is -0.00479. The van der Waals surface area contributed by atoms with E-state index in [4.69, 9.17) is 11.6 Å². The van der Waals surface area contributed by atoms with Crippen LogP contribution in [0, 0.1) is 0 Å². The Balaban J connectivity index is 2.64. The standard InChI is InChI=1S/C12H13ClN2O/c1-14(2)12(16)11-7-8-6-9(13)4-5-10(8)15(11)3/h4-7H,1-3H3. The van der Waals surface area contributed by atoms with Crippen LogP contribution in [0.3, 0.4) is 0 Å². The Morgan fingerprint density at radius 3 is 2.62 bits per heavy atom. The molecule has 1 amide bonds. The molecule has 2 aromatic rings. The number of fused-ring (bicyclic) bond motifs is 1. The predicted octanol–water partition coefficient (Wildman–Crippen LogP) is 2.53. The molecule has 0 radical (unpaired) electrons. The number of rotatable bonds is 1. The number of hydrogen-bond donors (Lipinski definition) is 0. The summed E-state index contributed by atoms with van der Waals surface area (Å²) in [6.45, 7) is 0. The van der Waals surface area contributed by atoms with E-state index in [-0.39, 0.29) is 5.91 Å². The van der Waals surface area contributed by atoms with E-state index >= 15 is 0 Å². The van der Waals surface area contributed by atoms with Gasteiger partial charge in [-0.2, -0.15) is 0 Å². The number of benzene rings is 1. The number of nitrogens with zero attached hydrogens (tertiary/aromatic N) is 2. The third-order valence-corrected chi connectivity index (χ3v) is 2.86. The highest BCUT2D eigenvalue weighted by Crippen LogP contribution is 2.23. The van der Waals surface area contributed by atoms with E-state index in [1.807, 2.05) is 35.9 Å². The highest BCUT2D eigenvalue weighted by molar-refractivity contribution is 6.31. The van der Waals surface area contributed by atoms with Gasteiger partial charge in [0.15, 0.2) is 0 Å². The van der Waals surface area contributed by atoms with Gasteiger partial charge in [-0.3, -0.25) is 4.79 Å². The maximum Gasteiger partial charge on any atom is 0.269 e. The molecule has 0 aliphatic heterocycles. The molecule has 0 atom stereocenters. The SMILES string of the molecule is CN(C)C(=O)c1cc2cc(Cl)ccc2n1C. The second kappa shape index (κ2) is 3.83. The molecule has 0 N–H and O–H groups in total. The summed E-state index contributed by atoms with van der Waals surface area (Å²) in [5.41, 5.74) is 1.68. The summed E-state index contributed by atoms with van der Waals surface area (Å²) >= 11 is 5.92. The Labute approximate surface area is 99.2 Å². The summed E-state index contributed by atoms with van der Waals surface area (Å²) in [4.78, 5) is 13.5. The molecule has 0 aliphatic rings. The van der Waals surface area contributed by atoms with Crippen molar-refractivity contribution in [2.45, 2.75) is 0 Å². The van der Waals surface area contributed by atoms with Gasteiger partial charge in [-0.05, 0) is 24.3 Å². The third-order valence-electron chi connectivity index (χ3n) is 2.63. The topological polar surface area (TPSA) is 25.2 Å². The van der Waals surface area contributed by atoms with Crippen LogP contribution in [0.15, 0.2) is 24.3 Å². The van der Waals surface area contributed by atoms with Gasteiger partial charge in [0, 0.05) is 37.1 Å². The number of carbonyl (C=O) groups is 1. The first-order valence-electron chi connectivity index (χ1n) is 4.97. The molecule has 3 nitrogen and oxygen atoms in total. The summed E-state index contributed by atoms with van der Waals surface area (Å²) in [7, 11) is 5.37. The number of halogens is 1. The van der Waals surface area contributed by atoms with Crippen LogP contribution < -0.4 is 0 Å². The van der Waals surface area contributed by atoms with Crippen molar-refractivity contribution in [3.63, 3.8) is 0 Å². The third kappa shape index (κ3) is 1.67. The van der Waals surface area contributed by atoms with Crippen molar-refractivity contribution in [3.8, 4) is 0 Å². The van der Waals surface area contributed by atoms with Crippen molar-refractivity contribution in [2.75, 3.05) is 14.1 Å². The van der Waals surface area contributed by atoms with Gasteiger partial charge in [0.1, 0.15) is 5.69 Å². The average Bonchev–Trinajstić information content (AvgIpc) is 2.54. The van der Waals surface area contributed by atoms with E-state index in [2.05, 4.69) is 0 Å². The normalized spacial score (nSPS) is 10.8. The maximum atomic E-state index is 11.9. The molecule has 1 heterocycles. The van der Waals surface area contributed by atoms with Crippen LogP contribution in [0.4, 0.5) is 0 Å². The van der Waals surface area contributed by atoms with E-state index < -0.39 is 0 Å². The van der Waals surface area contributed by atoms with Crippen molar-refractivity contribution in [1.29, 1.82) is 0 Å². The zero-order valence-corrected chi connectivity index (χ0v) is 10.2. The lowest BCUT2D eigenvalue weighted by Gasteiger charge is -2.10. The first kappa shape index (κ1) is 11.0. The van der Waals surface area contributed by atoms with Crippen molar-refractivity contribution >= 4 is 28.4 Å². The summed E-state index contributed by atoms with van der Waals surface area (Å²) in [6, 6.07) is 7.48. The van der Waals surface area contributed by atoms with E-state index in [1.165, 1.54) is 0 Å². The van der Waals surface area contributed by atoms with Crippen molar-refractivity contribution in [3.05, 3.63) is 35.0 Å². The van der Waals surface area contributed by atoms with Crippen LogP contribution in [0.1, 0.15) is 10.5 Å². The summed E-state index contributed by atoms with van der Waals surface area (Å²) < 4.78 is 1.88. The van der Waals surface area contributed by atoms with E-state index in [1.54, 1.807) is 19.0 Å². The van der Waals surface area contributed by atoms with Crippen LogP contribution in [-0.2, 0) is 7.05 Å². The van der Waals surface area contributed by atoms with Crippen molar-refractivity contribution in [1.82, 2.24) is 9.47 Å². The Hall–Kier alpha value is -1.48. The molecule has 1 aromatic carbocycles. The highest BCUT2D eigenvalue weighted by atomic mass is 35.5. The Bertz CT molecular complexity index is 557. The monoisotopic (exact) mass is 236 g/mol. The largest absolute Gasteiger partial charge is 0.343 e. The first-order valence-corrected chi connectivity index (χ1v) is 5.35. The summed E-state index contributed by atoms with van der Waals surface area (Å²) in [5, 5.41) is 1.67. The quantitative estimate of drug-likeness (QED) is 0.747. The minimum atomic E-state index is -0.00479.